The van der Waals surface area contributed by atoms with Gasteiger partial charge in [-0.05, 0) is 161 Å². The SMILES string of the molecule is CC/C=C\C/C=C\C/C=C\C/C=C\C/C=C\CCCCCC(=O)OCC(COP(=O)(O)OCC(O)COP(=O)(O)OCC(COC(=O)CCCCCCCC/C=C\C/C=C\C/C=C\C/C=C\CC)OC(=O)CCCCCCC/C=C\C/C=C\CCC)OC(=O)CCCCCCC/C=C\CCCCCCCC. The Bertz CT molecular complexity index is 2580. The molecule has 0 aliphatic heterocycles. The van der Waals surface area contributed by atoms with Crippen LogP contribution in [0, 0.1) is 0 Å². The minimum Gasteiger partial charge on any atom is -0.462 e. The quantitative estimate of drug-likeness (QED) is 0.0169. The first-order chi connectivity index (χ1) is 51.7. The minimum absolute atomic E-state index is 0.0709. The summed E-state index contributed by atoms with van der Waals surface area (Å²) in [5.74, 6) is -2.25. The van der Waals surface area contributed by atoms with E-state index in [1.54, 1.807) is 0 Å². The largest absolute Gasteiger partial charge is 0.472 e. The van der Waals surface area contributed by atoms with Gasteiger partial charge in [0, 0.05) is 25.7 Å². The molecule has 5 atom stereocenters. The highest BCUT2D eigenvalue weighted by Crippen LogP contribution is 2.45. The van der Waals surface area contributed by atoms with Crippen LogP contribution in [-0.2, 0) is 65.4 Å². The van der Waals surface area contributed by atoms with Crippen LogP contribution in [0.5, 0.6) is 0 Å². The highest BCUT2D eigenvalue weighted by molar-refractivity contribution is 7.47. The molecule has 19 heteroatoms. The van der Waals surface area contributed by atoms with Crippen molar-refractivity contribution in [3.8, 4) is 0 Å². The summed E-state index contributed by atoms with van der Waals surface area (Å²) in [5, 5.41) is 10.7. The van der Waals surface area contributed by atoms with E-state index >= 15 is 0 Å². The molecular formula is C87H146O17P2. The van der Waals surface area contributed by atoms with Crippen LogP contribution in [-0.4, -0.2) is 96.7 Å². The predicted molar refractivity (Wildman–Crippen MR) is 436 cm³/mol. The Balaban J connectivity index is 5.40. The number of esters is 4. The van der Waals surface area contributed by atoms with Crippen molar-refractivity contribution in [3.05, 3.63) is 146 Å². The van der Waals surface area contributed by atoms with E-state index in [9.17, 15) is 43.2 Å². The third-order valence-corrected chi connectivity index (χ3v) is 18.7. The molecule has 0 aromatic carbocycles. The molecule has 606 valence electrons. The zero-order valence-electron chi connectivity index (χ0n) is 66.3. The van der Waals surface area contributed by atoms with Gasteiger partial charge in [-0.25, -0.2) is 9.13 Å². The Kier molecular flexibility index (Phi) is 74.3. The van der Waals surface area contributed by atoms with Crippen molar-refractivity contribution >= 4 is 39.5 Å². The Morgan fingerprint density at radius 3 is 0.811 bits per heavy atom. The van der Waals surface area contributed by atoms with Gasteiger partial charge in [0.2, 0.25) is 0 Å². The Labute approximate surface area is 643 Å². The van der Waals surface area contributed by atoms with E-state index in [-0.39, 0.29) is 25.7 Å². The summed E-state index contributed by atoms with van der Waals surface area (Å²) >= 11 is 0. The van der Waals surface area contributed by atoms with E-state index in [1.165, 1.54) is 38.5 Å². The molecule has 0 amide bonds. The fourth-order valence-corrected chi connectivity index (χ4v) is 12.1. The van der Waals surface area contributed by atoms with Crippen LogP contribution in [0.2, 0.25) is 0 Å². The summed E-state index contributed by atoms with van der Waals surface area (Å²) in [5.41, 5.74) is 0. The lowest BCUT2D eigenvalue weighted by atomic mass is 10.1. The third-order valence-electron chi connectivity index (χ3n) is 16.7. The van der Waals surface area contributed by atoms with Crippen LogP contribution in [0.25, 0.3) is 0 Å². The van der Waals surface area contributed by atoms with Crippen LogP contribution >= 0.6 is 15.6 Å². The highest BCUT2D eigenvalue weighted by Gasteiger charge is 2.30. The van der Waals surface area contributed by atoms with Crippen LogP contribution < -0.4 is 0 Å². The zero-order chi connectivity index (χ0) is 77.4. The molecule has 3 N–H and O–H groups in total. The average molecular weight is 1530 g/mol. The lowest BCUT2D eigenvalue weighted by Gasteiger charge is -2.21. The van der Waals surface area contributed by atoms with Crippen molar-refractivity contribution in [2.24, 2.45) is 0 Å². The smallest absolute Gasteiger partial charge is 0.462 e. The number of rotatable bonds is 76. The average Bonchev–Trinajstić information content (AvgIpc) is 0.933. The summed E-state index contributed by atoms with van der Waals surface area (Å²) in [4.78, 5) is 73.1. The van der Waals surface area contributed by atoms with Crippen LogP contribution in [0.15, 0.2) is 146 Å². The van der Waals surface area contributed by atoms with Gasteiger partial charge in [-0.1, -0.05) is 283 Å². The van der Waals surface area contributed by atoms with Crippen molar-refractivity contribution in [3.63, 3.8) is 0 Å². The number of carbonyl (C=O) groups is 4. The van der Waals surface area contributed by atoms with Crippen LogP contribution in [0.3, 0.4) is 0 Å². The van der Waals surface area contributed by atoms with Crippen LogP contribution in [0.1, 0.15) is 323 Å². The second-order valence-corrected chi connectivity index (χ2v) is 29.8. The molecule has 0 bridgehead atoms. The molecule has 0 rings (SSSR count). The normalized spacial score (nSPS) is 14.6. The molecule has 0 saturated heterocycles. The van der Waals surface area contributed by atoms with E-state index in [2.05, 4.69) is 174 Å². The Morgan fingerprint density at radius 2 is 0.509 bits per heavy atom. The van der Waals surface area contributed by atoms with Crippen molar-refractivity contribution < 1.29 is 80.2 Å². The summed E-state index contributed by atoms with van der Waals surface area (Å²) in [6.07, 6.45) is 89.6. The van der Waals surface area contributed by atoms with Gasteiger partial charge >= 0.3 is 39.5 Å². The molecule has 0 aromatic heterocycles. The molecule has 0 spiro atoms. The topological polar surface area (TPSA) is 237 Å². The summed E-state index contributed by atoms with van der Waals surface area (Å²) in [6, 6.07) is 0. The van der Waals surface area contributed by atoms with Gasteiger partial charge in [0.1, 0.15) is 19.3 Å². The Hall–Kier alpha value is -5.06. The number of hydrogen-bond acceptors (Lipinski definition) is 15. The second-order valence-electron chi connectivity index (χ2n) is 26.9. The highest BCUT2D eigenvalue weighted by atomic mass is 31.2. The van der Waals surface area contributed by atoms with Gasteiger partial charge < -0.3 is 33.8 Å². The number of ether oxygens (including phenoxy) is 4. The standard InChI is InChI=1S/C87H146O17P2/c1-5-9-13-17-21-25-29-33-36-38-40-42-45-48-51-55-59-63-67-71-84(89)97-77-82(103-86(91)73-69-65-61-57-53-47-32-28-24-20-16-12-8-4)79-101-105(93,94)99-75-81(88)76-100-106(95,96)102-80-83(104-87(92)74-70-66-62-58-54-50-44-35-31-27-23-19-15-11-7-3)78-98-85(90)72-68-64-60-56-52-49-46-43-41-39-37-34-30-26-22-18-14-10-6-2/h9-10,13-14,16,20-22,25-26,28,32-37,40-44,49,52,81-83,88H,5-8,11-12,15,17-19,23-24,27,29-31,38-39,45-48,50-51,53-80H2,1-4H3,(H,93,94)(H,95,96)/b13-9-,14-10-,20-16-,25-21-,26-22-,32-28-,36-33-,37-34-,42-40-,43-41-,44-35-,52-49-. The second kappa shape index (κ2) is 78.1. The van der Waals surface area contributed by atoms with E-state index in [1.807, 2.05) is 0 Å². The molecule has 0 fully saturated rings. The molecular weight excluding hydrogens is 1380 g/mol. The van der Waals surface area contributed by atoms with Gasteiger partial charge in [-0.2, -0.15) is 0 Å². The Morgan fingerprint density at radius 1 is 0.274 bits per heavy atom. The number of phosphoric ester groups is 2. The first-order valence-corrected chi connectivity index (χ1v) is 44.1. The predicted octanol–water partition coefficient (Wildman–Crippen LogP) is 24.2. The number of aliphatic hydroxyl groups is 1. The molecule has 0 heterocycles. The fourth-order valence-electron chi connectivity index (χ4n) is 10.6. The third kappa shape index (κ3) is 77.1. The van der Waals surface area contributed by atoms with E-state index < -0.39 is 97.5 Å². The number of aliphatic hydroxyl groups excluding tert-OH is 1. The lowest BCUT2D eigenvalue weighted by Crippen LogP contribution is -2.30. The number of phosphoric acid groups is 2. The maximum Gasteiger partial charge on any atom is 0.472 e. The van der Waals surface area contributed by atoms with Crippen molar-refractivity contribution in [1.29, 1.82) is 0 Å². The maximum atomic E-state index is 13.1. The van der Waals surface area contributed by atoms with Gasteiger partial charge in [-0.15, -0.1) is 0 Å². The van der Waals surface area contributed by atoms with Crippen LogP contribution in [0.4, 0.5) is 0 Å². The first-order valence-electron chi connectivity index (χ1n) is 41.1. The van der Waals surface area contributed by atoms with Crippen molar-refractivity contribution in [1.82, 2.24) is 0 Å². The van der Waals surface area contributed by atoms with Crippen molar-refractivity contribution in [2.45, 2.75) is 341 Å². The molecule has 17 nitrogen and oxygen atoms in total. The summed E-state index contributed by atoms with van der Waals surface area (Å²) in [6.45, 7) is 4.52. The molecule has 106 heavy (non-hydrogen) atoms. The van der Waals surface area contributed by atoms with Gasteiger partial charge in [0.05, 0.1) is 26.4 Å². The van der Waals surface area contributed by atoms with Gasteiger partial charge in [-0.3, -0.25) is 37.3 Å². The lowest BCUT2D eigenvalue weighted by molar-refractivity contribution is -0.161. The zero-order valence-corrected chi connectivity index (χ0v) is 68.1. The van der Waals surface area contributed by atoms with Crippen molar-refractivity contribution in [2.75, 3.05) is 39.6 Å². The maximum absolute atomic E-state index is 13.1. The molecule has 0 aliphatic carbocycles. The number of unbranched alkanes of at least 4 members (excludes halogenated alkanes) is 26. The monoisotopic (exact) mass is 1530 g/mol. The fraction of sp³-hybridized carbons (Fsp3) is 0.678. The molecule has 0 aliphatic rings. The minimum atomic E-state index is -4.99. The molecule has 0 radical (unpaired) electrons. The number of allylic oxidation sites excluding steroid dienone is 24. The molecule has 0 aromatic rings. The molecule has 0 saturated carbocycles. The van der Waals surface area contributed by atoms with Gasteiger partial charge in [0.25, 0.3) is 0 Å². The van der Waals surface area contributed by atoms with E-state index in [0.717, 1.165) is 205 Å². The number of hydrogen-bond donors (Lipinski definition) is 3. The first kappa shape index (κ1) is 101. The molecule has 5 unspecified atom stereocenters. The summed E-state index contributed by atoms with van der Waals surface area (Å²) < 4.78 is 68.6. The van der Waals surface area contributed by atoms with Gasteiger partial charge in [0.15, 0.2) is 12.2 Å². The van der Waals surface area contributed by atoms with E-state index in [4.69, 9.17) is 37.0 Å². The summed E-state index contributed by atoms with van der Waals surface area (Å²) in [7, 11) is -9.99. The number of carbonyl (C=O) groups excluding carboxylic acids is 4. The van der Waals surface area contributed by atoms with E-state index in [0.29, 0.717) is 25.7 Å².